The molecule has 0 spiro atoms. The van der Waals surface area contributed by atoms with Gasteiger partial charge in [-0.1, -0.05) is 30.3 Å². The number of alkyl halides is 3. The van der Waals surface area contributed by atoms with Crippen molar-refractivity contribution in [1.82, 2.24) is 0 Å². The third-order valence-corrected chi connectivity index (χ3v) is 2.96. The van der Waals surface area contributed by atoms with E-state index in [1.165, 1.54) is 18.2 Å². The van der Waals surface area contributed by atoms with Crippen LogP contribution in [0, 0.1) is 6.92 Å². The molecule has 22 heavy (non-hydrogen) atoms. The van der Waals surface area contributed by atoms with Gasteiger partial charge in [-0.05, 0) is 30.7 Å². The standard InChI is InChI=1S/C16H14F3NO2/c1-11-6-2-5-9-14(11)22-10-15(21)20-13-8-4-3-7-12(13)16(17,18)19/h2-9H,10H2,1H3,(H,20,21). The van der Waals surface area contributed by atoms with E-state index in [0.29, 0.717) is 5.75 Å². The zero-order valence-electron chi connectivity index (χ0n) is 11.8. The second-order valence-corrected chi connectivity index (χ2v) is 4.65. The van der Waals surface area contributed by atoms with Crippen LogP contribution in [-0.4, -0.2) is 12.5 Å². The summed E-state index contributed by atoms with van der Waals surface area (Å²) >= 11 is 0. The van der Waals surface area contributed by atoms with Gasteiger partial charge in [0.15, 0.2) is 6.61 Å². The number of hydrogen-bond acceptors (Lipinski definition) is 2. The molecule has 0 aromatic heterocycles. The van der Waals surface area contributed by atoms with Gasteiger partial charge in [-0.3, -0.25) is 4.79 Å². The fourth-order valence-corrected chi connectivity index (χ4v) is 1.89. The number of para-hydroxylation sites is 2. The first-order valence-corrected chi connectivity index (χ1v) is 6.52. The zero-order chi connectivity index (χ0) is 16.2. The molecule has 6 heteroatoms. The van der Waals surface area contributed by atoms with E-state index in [2.05, 4.69) is 5.32 Å². The van der Waals surface area contributed by atoms with E-state index >= 15 is 0 Å². The van der Waals surface area contributed by atoms with Crippen molar-refractivity contribution in [3.8, 4) is 5.75 Å². The molecule has 3 nitrogen and oxygen atoms in total. The molecular formula is C16H14F3NO2. The normalized spacial score (nSPS) is 11.1. The Hall–Kier alpha value is -2.50. The molecule has 0 aliphatic heterocycles. The van der Waals surface area contributed by atoms with Crippen molar-refractivity contribution < 1.29 is 22.7 Å². The average Bonchev–Trinajstić information content (AvgIpc) is 2.46. The second kappa shape index (κ2) is 6.51. The summed E-state index contributed by atoms with van der Waals surface area (Å²) < 4.78 is 43.8. The molecule has 0 aliphatic carbocycles. The van der Waals surface area contributed by atoms with Crippen LogP contribution in [0.3, 0.4) is 0 Å². The molecule has 0 unspecified atom stereocenters. The van der Waals surface area contributed by atoms with Gasteiger partial charge in [0.05, 0.1) is 11.3 Å². The topological polar surface area (TPSA) is 38.3 Å². The molecular weight excluding hydrogens is 295 g/mol. The van der Waals surface area contributed by atoms with Gasteiger partial charge in [-0.2, -0.15) is 13.2 Å². The summed E-state index contributed by atoms with van der Waals surface area (Å²) in [6.45, 7) is 1.45. The van der Waals surface area contributed by atoms with Crippen LogP contribution in [0.25, 0.3) is 0 Å². The Morgan fingerprint density at radius 2 is 1.73 bits per heavy atom. The van der Waals surface area contributed by atoms with Crippen LogP contribution in [0.15, 0.2) is 48.5 Å². The van der Waals surface area contributed by atoms with Crippen molar-refractivity contribution >= 4 is 11.6 Å². The average molecular weight is 309 g/mol. The number of carbonyl (C=O) groups is 1. The van der Waals surface area contributed by atoms with E-state index in [1.54, 1.807) is 12.1 Å². The molecule has 2 aromatic rings. The lowest BCUT2D eigenvalue weighted by atomic mass is 10.1. The summed E-state index contributed by atoms with van der Waals surface area (Å²) in [5.41, 5.74) is -0.335. The maximum Gasteiger partial charge on any atom is 0.418 e. The lowest BCUT2D eigenvalue weighted by Crippen LogP contribution is -2.22. The highest BCUT2D eigenvalue weighted by molar-refractivity contribution is 5.92. The molecule has 0 bridgehead atoms. The maximum atomic E-state index is 12.8. The number of rotatable bonds is 4. The van der Waals surface area contributed by atoms with Crippen LogP contribution < -0.4 is 10.1 Å². The van der Waals surface area contributed by atoms with E-state index in [1.807, 2.05) is 19.1 Å². The fraction of sp³-hybridized carbons (Fsp3) is 0.188. The molecule has 2 rings (SSSR count). The number of aryl methyl sites for hydroxylation is 1. The quantitative estimate of drug-likeness (QED) is 0.926. The number of carbonyl (C=O) groups excluding carboxylic acids is 1. The van der Waals surface area contributed by atoms with Crippen molar-refractivity contribution in [2.45, 2.75) is 13.1 Å². The van der Waals surface area contributed by atoms with E-state index < -0.39 is 17.6 Å². The van der Waals surface area contributed by atoms with Gasteiger partial charge >= 0.3 is 6.18 Å². The Balaban J connectivity index is 2.03. The molecule has 0 fully saturated rings. The number of halogens is 3. The fourth-order valence-electron chi connectivity index (χ4n) is 1.89. The molecule has 1 N–H and O–H groups in total. The van der Waals surface area contributed by atoms with Gasteiger partial charge in [0.25, 0.3) is 5.91 Å². The summed E-state index contributed by atoms with van der Waals surface area (Å²) in [5, 5.41) is 2.22. The summed E-state index contributed by atoms with van der Waals surface area (Å²) in [6.07, 6.45) is -4.53. The van der Waals surface area contributed by atoms with Gasteiger partial charge in [0, 0.05) is 0 Å². The Kier molecular flexibility index (Phi) is 4.70. The smallest absolute Gasteiger partial charge is 0.418 e. The van der Waals surface area contributed by atoms with Gasteiger partial charge < -0.3 is 10.1 Å². The summed E-state index contributed by atoms with van der Waals surface area (Å²) in [7, 11) is 0. The number of anilines is 1. The van der Waals surface area contributed by atoms with Gasteiger partial charge in [0.1, 0.15) is 5.75 Å². The number of hydrogen-bond donors (Lipinski definition) is 1. The van der Waals surface area contributed by atoms with Crippen molar-refractivity contribution in [3.63, 3.8) is 0 Å². The monoisotopic (exact) mass is 309 g/mol. The molecule has 2 aromatic carbocycles. The largest absolute Gasteiger partial charge is 0.483 e. The van der Waals surface area contributed by atoms with Crippen molar-refractivity contribution in [2.75, 3.05) is 11.9 Å². The van der Waals surface area contributed by atoms with Crippen LogP contribution in [0.4, 0.5) is 18.9 Å². The highest BCUT2D eigenvalue weighted by atomic mass is 19.4. The lowest BCUT2D eigenvalue weighted by Gasteiger charge is -2.14. The zero-order valence-corrected chi connectivity index (χ0v) is 11.8. The lowest BCUT2D eigenvalue weighted by molar-refractivity contribution is -0.137. The number of ether oxygens (including phenoxy) is 1. The van der Waals surface area contributed by atoms with Crippen LogP contribution in [0.2, 0.25) is 0 Å². The first-order chi connectivity index (χ1) is 10.4. The molecule has 0 radical (unpaired) electrons. The minimum Gasteiger partial charge on any atom is -0.483 e. The Morgan fingerprint density at radius 1 is 1.09 bits per heavy atom. The third-order valence-electron chi connectivity index (χ3n) is 2.96. The molecule has 0 saturated heterocycles. The number of amides is 1. The van der Waals surface area contributed by atoms with Gasteiger partial charge in [-0.15, -0.1) is 0 Å². The molecule has 0 saturated carbocycles. The maximum absolute atomic E-state index is 12.8. The van der Waals surface area contributed by atoms with E-state index in [-0.39, 0.29) is 12.3 Å². The Labute approximate surface area is 125 Å². The Bertz CT molecular complexity index is 668. The van der Waals surface area contributed by atoms with Crippen LogP contribution in [0.1, 0.15) is 11.1 Å². The van der Waals surface area contributed by atoms with E-state index in [0.717, 1.165) is 11.6 Å². The summed E-state index contributed by atoms with van der Waals surface area (Å²) in [5.74, 6) is -0.137. The van der Waals surface area contributed by atoms with E-state index in [9.17, 15) is 18.0 Å². The highest BCUT2D eigenvalue weighted by Gasteiger charge is 2.33. The predicted molar refractivity (Wildman–Crippen MR) is 76.7 cm³/mol. The third kappa shape index (κ3) is 4.00. The SMILES string of the molecule is Cc1ccccc1OCC(=O)Nc1ccccc1C(F)(F)F. The van der Waals surface area contributed by atoms with Crippen molar-refractivity contribution in [1.29, 1.82) is 0 Å². The molecule has 116 valence electrons. The van der Waals surface area contributed by atoms with E-state index in [4.69, 9.17) is 4.74 Å². The first kappa shape index (κ1) is 15.9. The molecule has 0 aliphatic rings. The van der Waals surface area contributed by atoms with Crippen LogP contribution in [0.5, 0.6) is 5.75 Å². The van der Waals surface area contributed by atoms with Crippen LogP contribution >= 0.6 is 0 Å². The summed E-state index contributed by atoms with van der Waals surface area (Å²) in [4.78, 5) is 11.8. The van der Waals surface area contributed by atoms with Crippen molar-refractivity contribution in [3.05, 3.63) is 59.7 Å². The van der Waals surface area contributed by atoms with Crippen molar-refractivity contribution in [2.24, 2.45) is 0 Å². The molecule has 0 atom stereocenters. The minimum atomic E-state index is -4.53. The Morgan fingerprint density at radius 3 is 2.41 bits per heavy atom. The van der Waals surface area contributed by atoms with Gasteiger partial charge in [0.2, 0.25) is 0 Å². The second-order valence-electron chi connectivity index (χ2n) is 4.65. The predicted octanol–water partition coefficient (Wildman–Crippen LogP) is 4.03. The first-order valence-electron chi connectivity index (χ1n) is 6.52. The highest BCUT2D eigenvalue weighted by Crippen LogP contribution is 2.34. The number of benzene rings is 2. The number of nitrogens with one attached hydrogen (secondary N) is 1. The molecule has 1 amide bonds. The molecule has 0 heterocycles. The van der Waals surface area contributed by atoms with Crippen LogP contribution in [-0.2, 0) is 11.0 Å². The van der Waals surface area contributed by atoms with Gasteiger partial charge in [-0.25, -0.2) is 0 Å². The minimum absolute atomic E-state index is 0.284. The summed E-state index contributed by atoms with van der Waals surface area (Å²) in [6, 6.07) is 11.9.